The van der Waals surface area contributed by atoms with E-state index in [9.17, 15) is 18.0 Å². The van der Waals surface area contributed by atoms with Gasteiger partial charge in [-0.15, -0.1) is 0 Å². The van der Waals surface area contributed by atoms with Crippen molar-refractivity contribution in [2.24, 2.45) is 7.05 Å². The summed E-state index contributed by atoms with van der Waals surface area (Å²) < 4.78 is 45.0. The minimum absolute atomic E-state index is 0.0613. The van der Waals surface area contributed by atoms with Crippen LogP contribution < -0.4 is 0 Å². The van der Waals surface area contributed by atoms with E-state index in [1.165, 1.54) is 0 Å². The summed E-state index contributed by atoms with van der Waals surface area (Å²) >= 11 is 0. The van der Waals surface area contributed by atoms with Crippen molar-refractivity contribution in [1.29, 1.82) is 0 Å². The number of hydrogen-bond donors (Lipinski definition) is 0. The molecule has 2 atom stereocenters. The highest BCUT2D eigenvalue weighted by Gasteiger charge is 2.42. The van der Waals surface area contributed by atoms with E-state index < -0.39 is 17.5 Å². The van der Waals surface area contributed by atoms with Crippen molar-refractivity contribution >= 4 is 5.78 Å². The van der Waals surface area contributed by atoms with Crippen molar-refractivity contribution in [3.63, 3.8) is 0 Å². The zero-order valence-electron chi connectivity index (χ0n) is 20.5. The van der Waals surface area contributed by atoms with E-state index in [0.29, 0.717) is 23.5 Å². The van der Waals surface area contributed by atoms with Crippen LogP contribution in [0.3, 0.4) is 0 Å². The average Bonchev–Trinajstić information content (AvgIpc) is 3.50. The summed E-state index contributed by atoms with van der Waals surface area (Å²) in [4.78, 5) is 20.4. The third-order valence-corrected chi connectivity index (χ3v) is 7.43. The van der Waals surface area contributed by atoms with Crippen LogP contribution in [0.25, 0.3) is 16.9 Å². The Labute approximate surface area is 211 Å². The molecule has 7 nitrogen and oxygen atoms in total. The molecule has 1 aromatic carbocycles. The van der Waals surface area contributed by atoms with Crippen LogP contribution >= 0.6 is 0 Å². The highest BCUT2D eigenvalue weighted by molar-refractivity contribution is 5.99. The van der Waals surface area contributed by atoms with E-state index in [1.807, 2.05) is 19.1 Å². The normalized spacial score (nSPS) is 19.2. The fraction of sp³-hybridized carbons (Fsp3) is 0.333. The Kier molecular flexibility index (Phi) is 5.71. The second-order valence-corrected chi connectivity index (χ2v) is 9.76. The Balaban J connectivity index is 1.36. The molecule has 0 aliphatic carbocycles. The number of nitrogens with zero attached hydrogens (tertiary/aromatic N) is 6. The Hall–Kier alpha value is -3.79. The molecule has 0 spiro atoms. The molecule has 2 bridgehead atoms. The molecule has 37 heavy (non-hydrogen) atoms. The summed E-state index contributed by atoms with van der Waals surface area (Å²) in [6, 6.07) is 7.48. The number of carbonyl (C=O) groups is 1. The lowest BCUT2D eigenvalue weighted by molar-refractivity contribution is 0.0559. The van der Waals surface area contributed by atoms with E-state index in [2.05, 4.69) is 15.0 Å². The first-order valence-corrected chi connectivity index (χ1v) is 12.3. The zero-order valence-corrected chi connectivity index (χ0v) is 20.5. The molecule has 0 saturated carbocycles. The molecular weight excluding hydrogens is 481 g/mol. The van der Waals surface area contributed by atoms with Gasteiger partial charge in [0.15, 0.2) is 23.2 Å². The number of aryl methyl sites for hydroxylation is 2. The van der Waals surface area contributed by atoms with Gasteiger partial charge < -0.3 is 0 Å². The van der Waals surface area contributed by atoms with E-state index >= 15 is 0 Å². The summed E-state index contributed by atoms with van der Waals surface area (Å²) in [6.45, 7) is 2.02. The van der Waals surface area contributed by atoms with Gasteiger partial charge >= 0.3 is 0 Å². The van der Waals surface area contributed by atoms with Crippen LogP contribution in [0.4, 0.5) is 13.2 Å². The number of hydrogen-bond acceptors (Lipinski definition) is 5. The Morgan fingerprint density at radius 1 is 1.14 bits per heavy atom. The summed E-state index contributed by atoms with van der Waals surface area (Å²) in [5.74, 6) is -4.05. The van der Waals surface area contributed by atoms with Gasteiger partial charge in [-0.2, -0.15) is 10.2 Å². The minimum Gasteiger partial charge on any atom is -0.291 e. The fourth-order valence-electron chi connectivity index (χ4n) is 5.82. The predicted molar refractivity (Wildman–Crippen MR) is 130 cm³/mol. The Morgan fingerprint density at radius 2 is 1.92 bits per heavy atom. The maximum absolute atomic E-state index is 14.1. The van der Waals surface area contributed by atoms with Crippen molar-refractivity contribution in [2.45, 2.75) is 44.7 Å². The molecule has 5 heterocycles. The highest BCUT2D eigenvalue weighted by atomic mass is 19.2. The summed E-state index contributed by atoms with van der Waals surface area (Å²) in [5, 5.41) is 9.00. The molecule has 0 N–H and O–H groups in total. The molecular formula is C27H25F3N6O. The number of pyridine rings is 1. The average molecular weight is 507 g/mol. The van der Waals surface area contributed by atoms with Crippen molar-refractivity contribution in [1.82, 2.24) is 29.4 Å². The van der Waals surface area contributed by atoms with E-state index in [1.54, 1.807) is 34.9 Å². The lowest BCUT2D eigenvalue weighted by Gasteiger charge is -2.45. The van der Waals surface area contributed by atoms with Gasteiger partial charge in [0.05, 0.1) is 29.7 Å². The number of Topliss-reactive ketones (excluding diaryl/α,β-unsaturated/α-hetero) is 1. The number of aromatic nitrogens is 5. The first-order valence-electron chi connectivity index (χ1n) is 12.3. The van der Waals surface area contributed by atoms with Crippen molar-refractivity contribution in [3.8, 4) is 16.9 Å². The van der Waals surface area contributed by atoms with Crippen molar-refractivity contribution < 1.29 is 18.0 Å². The first-order chi connectivity index (χ1) is 17.8. The third kappa shape index (κ3) is 3.96. The first kappa shape index (κ1) is 23.6. The van der Waals surface area contributed by atoms with E-state index in [4.69, 9.17) is 5.10 Å². The van der Waals surface area contributed by atoms with Gasteiger partial charge in [0, 0.05) is 42.3 Å². The second kappa shape index (κ2) is 8.95. The molecule has 0 radical (unpaired) electrons. The molecule has 10 heteroatoms. The van der Waals surface area contributed by atoms with Gasteiger partial charge in [0.2, 0.25) is 0 Å². The van der Waals surface area contributed by atoms with Crippen molar-refractivity contribution in [2.75, 3.05) is 6.54 Å². The van der Waals surface area contributed by atoms with Crippen LogP contribution in [0.15, 0.2) is 42.7 Å². The maximum Gasteiger partial charge on any atom is 0.197 e. The summed E-state index contributed by atoms with van der Waals surface area (Å²) in [7, 11) is 1.72. The largest absolute Gasteiger partial charge is 0.291 e. The van der Waals surface area contributed by atoms with Crippen LogP contribution in [0.1, 0.15) is 52.7 Å². The molecule has 6 rings (SSSR count). The number of ketones is 1. The minimum atomic E-state index is -1.49. The standard InChI is InChI=1S/C27H25F3N6O/c1-15-7-8-22(36-10-4-9-31-36)26(32-15)23(37)14-35-17-5-3-6-21(35)25-18(13-17)27(34(2)33-25)16-11-19(28)24(30)20(29)12-16/h4,7-12,17,21H,3,5-6,13-14H2,1-2H3/t17-,21+/m0/s1. The van der Waals surface area contributed by atoms with Gasteiger partial charge in [-0.1, -0.05) is 0 Å². The number of benzene rings is 1. The van der Waals surface area contributed by atoms with Gasteiger partial charge in [-0.05, 0) is 62.9 Å². The van der Waals surface area contributed by atoms with Crippen LogP contribution in [0.2, 0.25) is 0 Å². The molecule has 0 amide bonds. The van der Waals surface area contributed by atoms with Gasteiger partial charge in [0.25, 0.3) is 0 Å². The lowest BCUT2D eigenvalue weighted by Crippen LogP contribution is -2.49. The Bertz CT molecular complexity index is 1490. The SMILES string of the molecule is Cc1ccc(-n2cccn2)c(C(=O)CN2[C@H]3CCC[C@@H]2c2nn(C)c(-c4cc(F)c(F)c(F)c4)c2C3)n1. The molecule has 1 saturated heterocycles. The number of rotatable bonds is 5. The maximum atomic E-state index is 14.1. The second-order valence-electron chi connectivity index (χ2n) is 9.76. The van der Waals surface area contributed by atoms with Gasteiger partial charge in [0.1, 0.15) is 5.69 Å². The van der Waals surface area contributed by atoms with E-state index in [-0.39, 0.29) is 30.0 Å². The monoisotopic (exact) mass is 506 g/mol. The summed E-state index contributed by atoms with van der Waals surface area (Å²) in [6.07, 6.45) is 6.70. The summed E-state index contributed by atoms with van der Waals surface area (Å²) in [5.41, 5.74) is 4.28. The molecule has 3 aromatic heterocycles. The van der Waals surface area contributed by atoms with Crippen LogP contribution in [-0.4, -0.2) is 47.8 Å². The zero-order chi connectivity index (χ0) is 25.8. The molecule has 2 aliphatic rings. The quantitative estimate of drug-likeness (QED) is 0.289. The van der Waals surface area contributed by atoms with Crippen molar-refractivity contribution in [3.05, 3.63) is 82.8 Å². The number of carbonyl (C=O) groups excluding carboxylic acids is 1. The number of halogens is 3. The van der Waals surface area contributed by atoms with Gasteiger partial charge in [-0.3, -0.25) is 14.4 Å². The highest BCUT2D eigenvalue weighted by Crippen LogP contribution is 2.44. The Morgan fingerprint density at radius 3 is 2.65 bits per heavy atom. The van der Waals surface area contributed by atoms with Crippen LogP contribution in [-0.2, 0) is 13.5 Å². The third-order valence-electron chi connectivity index (χ3n) is 7.43. The lowest BCUT2D eigenvalue weighted by atomic mass is 9.81. The predicted octanol–water partition coefficient (Wildman–Crippen LogP) is 4.73. The van der Waals surface area contributed by atoms with E-state index in [0.717, 1.165) is 48.3 Å². The van der Waals surface area contributed by atoms with Gasteiger partial charge in [-0.25, -0.2) is 22.8 Å². The molecule has 0 unspecified atom stereocenters. The number of piperidine rings is 1. The topological polar surface area (TPSA) is 68.8 Å². The molecule has 2 aliphatic heterocycles. The smallest absolute Gasteiger partial charge is 0.197 e. The molecule has 4 aromatic rings. The number of fused-ring (bicyclic) bond motifs is 4. The molecule has 190 valence electrons. The fourth-order valence-corrected chi connectivity index (χ4v) is 5.82. The van der Waals surface area contributed by atoms with Crippen LogP contribution in [0, 0.1) is 24.4 Å². The van der Waals surface area contributed by atoms with Crippen LogP contribution in [0.5, 0.6) is 0 Å². The molecule has 1 fully saturated rings.